The lowest BCUT2D eigenvalue weighted by molar-refractivity contribution is 0.238. The average Bonchev–Trinajstić information content (AvgIpc) is 2.10. The minimum absolute atomic E-state index is 0.0155. The smallest absolute Gasteiger partial charge is 0.184 e. The van der Waals surface area contributed by atoms with Crippen LogP contribution in [0.4, 0.5) is 0 Å². The summed E-state index contributed by atoms with van der Waals surface area (Å²) in [6, 6.07) is 0. The fourth-order valence-electron chi connectivity index (χ4n) is 0.756. The Kier molecular flexibility index (Phi) is 1.81. The highest BCUT2D eigenvalue weighted by Crippen LogP contribution is 2.19. The van der Waals surface area contributed by atoms with Crippen molar-refractivity contribution in [1.82, 2.24) is 10.3 Å². The quantitative estimate of drug-likeness (QED) is 0.569. The predicted molar refractivity (Wildman–Crippen MR) is 45.9 cm³/mol. The highest BCUT2D eigenvalue weighted by molar-refractivity contribution is 8.13. The standard InChI is InChI=1S/C6H13N3S/c1-6(2)8-7-5(10-4)9(6)3/h8H,1-4H3. The number of amidine groups is 1. The first-order chi connectivity index (χ1) is 4.58. The summed E-state index contributed by atoms with van der Waals surface area (Å²) in [5.41, 5.74) is 3.02. The van der Waals surface area contributed by atoms with Crippen molar-refractivity contribution in [2.24, 2.45) is 5.10 Å². The molecule has 3 nitrogen and oxygen atoms in total. The lowest BCUT2D eigenvalue weighted by Crippen LogP contribution is -2.46. The highest BCUT2D eigenvalue weighted by atomic mass is 32.2. The van der Waals surface area contributed by atoms with E-state index in [9.17, 15) is 0 Å². The van der Waals surface area contributed by atoms with Crippen molar-refractivity contribution in [2.45, 2.75) is 19.5 Å². The van der Waals surface area contributed by atoms with Gasteiger partial charge < -0.3 is 4.90 Å². The van der Waals surface area contributed by atoms with Gasteiger partial charge in [0.1, 0.15) is 5.66 Å². The number of hydrogen-bond donors (Lipinski definition) is 1. The van der Waals surface area contributed by atoms with Crippen LogP contribution in [0.1, 0.15) is 13.8 Å². The molecule has 0 bridgehead atoms. The molecule has 1 heterocycles. The van der Waals surface area contributed by atoms with Gasteiger partial charge in [0.25, 0.3) is 0 Å². The number of hydrogen-bond acceptors (Lipinski definition) is 4. The monoisotopic (exact) mass is 159 g/mol. The second-order valence-corrected chi connectivity index (χ2v) is 3.60. The lowest BCUT2D eigenvalue weighted by Gasteiger charge is -2.28. The summed E-state index contributed by atoms with van der Waals surface area (Å²) in [6.07, 6.45) is 2.03. The Hall–Kier alpha value is -0.380. The molecule has 1 aliphatic rings. The Bertz CT molecular complexity index is 164. The zero-order chi connectivity index (χ0) is 7.78. The van der Waals surface area contributed by atoms with Crippen molar-refractivity contribution in [3.05, 3.63) is 0 Å². The maximum absolute atomic E-state index is 4.14. The molecule has 1 N–H and O–H groups in total. The molecule has 1 rings (SSSR count). The fraction of sp³-hybridized carbons (Fsp3) is 0.833. The molecule has 1 aliphatic heterocycles. The van der Waals surface area contributed by atoms with Gasteiger partial charge in [-0.2, -0.15) is 5.10 Å². The summed E-state index contributed by atoms with van der Waals surface area (Å²) in [6.45, 7) is 4.19. The second-order valence-electron chi connectivity index (χ2n) is 2.83. The topological polar surface area (TPSA) is 27.6 Å². The van der Waals surface area contributed by atoms with E-state index in [-0.39, 0.29) is 5.66 Å². The number of thioether (sulfide) groups is 1. The average molecular weight is 159 g/mol. The molecule has 0 aromatic heterocycles. The number of hydrazone groups is 1. The van der Waals surface area contributed by atoms with Crippen molar-refractivity contribution < 1.29 is 0 Å². The fourth-order valence-corrected chi connectivity index (χ4v) is 1.40. The number of rotatable bonds is 0. The van der Waals surface area contributed by atoms with Crippen LogP contribution in [-0.4, -0.2) is 29.0 Å². The van der Waals surface area contributed by atoms with E-state index >= 15 is 0 Å². The van der Waals surface area contributed by atoms with Gasteiger partial charge in [-0.3, -0.25) is 5.43 Å². The van der Waals surface area contributed by atoms with Crippen LogP contribution in [0.3, 0.4) is 0 Å². The summed E-state index contributed by atoms with van der Waals surface area (Å²) in [7, 11) is 2.04. The van der Waals surface area contributed by atoms with E-state index < -0.39 is 0 Å². The van der Waals surface area contributed by atoms with Crippen molar-refractivity contribution in [1.29, 1.82) is 0 Å². The molecule has 0 aliphatic carbocycles. The normalized spacial score (nSPS) is 22.4. The molecule has 0 amide bonds. The van der Waals surface area contributed by atoms with Gasteiger partial charge in [0, 0.05) is 7.05 Å². The van der Waals surface area contributed by atoms with Crippen LogP contribution in [0.5, 0.6) is 0 Å². The molecule has 58 valence electrons. The molecule has 0 radical (unpaired) electrons. The van der Waals surface area contributed by atoms with Gasteiger partial charge in [0.2, 0.25) is 0 Å². The van der Waals surface area contributed by atoms with Crippen LogP contribution >= 0.6 is 11.8 Å². The van der Waals surface area contributed by atoms with Crippen molar-refractivity contribution in [2.75, 3.05) is 13.3 Å². The van der Waals surface area contributed by atoms with Gasteiger partial charge >= 0.3 is 0 Å². The lowest BCUT2D eigenvalue weighted by atomic mass is 10.2. The van der Waals surface area contributed by atoms with E-state index in [0.29, 0.717) is 0 Å². The Balaban J connectivity index is 2.69. The maximum Gasteiger partial charge on any atom is 0.184 e. The van der Waals surface area contributed by atoms with Crippen LogP contribution in [-0.2, 0) is 0 Å². The molecule has 0 unspecified atom stereocenters. The first kappa shape index (κ1) is 7.72. The second kappa shape index (κ2) is 2.34. The molecule has 10 heavy (non-hydrogen) atoms. The Morgan fingerprint density at radius 2 is 2.20 bits per heavy atom. The van der Waals surface area contributed by atoms with Gasteiger partial charge in [-0.15, -0.1) is 0 Å². The third-order valence-corrected chi connectivity index (χ3v) is 2.46. The first-order valence-corrected chi connectivity index (χ1v) is 4.43. The SMILES string of the molecule is CSC1=NNC(C)(C)N1C. The molecular weight excluding hydrogens is 146 g/mol. The van der Waals surface area contributed by atoms with E-state index in [0.717, 1.165) is 5.17 Å². The number of nitrogens with zero attached hydrogens (tertiary/aromatic N) is 2. The first-order valence-electron chi connectivity index (χ1n) is 3.20. The maximum atomic E-state index is 4.14. The third-order valence-electron chi connectivity index (χ3n) is 1.73. The van der Waals surface area contributed by atoms with Crippen LogP contribution in [0.25, 0.3) is 0 Å². The van der Waals surface area contributed by atoms with E-state index in [2.05, 4.69) is 29.3 Å². The van der Waals surface area contributed by atoms with Gasteiger partial charge in [0.15, 0.2) is 5.17 Å². The Morgan fingerprint density at radius 3 is 2.40 bits per heavy atom. The summed E-state index contributed by atoms with van der Waals surface area (Å²) in [5.74, 6) is 0. The minimum atomic E-state index is -0.0155. The summed E-state index contributed by atoms with van der Waals surface area (Å²) >= 11 is 1.66. The molecule has 0 saturated heterocycles. The molecule has 4 heteroatoms. The molecule has 0 aromatic rings. The van der Waals surface area contributed by atoms with E-state index in [1.807, 2.05) is 13.3 Å². The van der Waals surface area contributed by atoms with Crippen molar-refractivity contribution in [3.63, 3.8) is 0 Å². The molecule has 0 atom stereocenters. The summed E-state index contributed by atoms with van der Waals surface area (Å²) in [4.78, 5) is 2.12. The summed E-state index contributed by atoms with van der Waals surface area (Å²) in [5, 5.41) is 5.19. The van der Waals surface area contributed by atoms with Crippen LogP contribution in [0.15, 0.2) is 5.10 Å². The third kappa shape index (κ3) is 1.08. The van der Waals surface area contributed by atoms with E-state index in [4.69, 9.17) is 0 Å². The zero-order valence-corrected chi connectivity index (χ0v) is 7.62. The van der Waals surface area contributed by atoms with Gasteiger partial charge in [-0.05, 0) is 20.1 Å². The predicted octanol–water partition coefficient (Wildman–Crippen LogP) is 0.891. The molecule has 0 saturated carbocycles. The van der Waals surface area contributed by atoms with Gasteiger partial charge in [-0.1, -0.05) is 11.8 Å². The van der Waals surface area contributed by atoms with Crippen LogP contribution < -0.4 is 5.43 Å². The van der Waals surface area contributed by atoms with Crippen molar-refractivity contribution >= 4 is 16.9 Å². The molecular formula is C6H13N3S. The highest BCUT2D eigenvalue weighted by Gasteiger charge is 2.30. The van der Waals surface area contributed by atoms with Gasteiger partial charge in [0.05, 0.1) is 0 Å². The largest absolute Gasteiger partial charge is 0.329 e. The Morgan fingerprint density at radius 1 is 1.60 bits per heavy atom. The minimum Gasteiger partial charge on any atom is -0.329 e. The Labute approximate surface area is 65.9 Å². The van der Waals surface area contributed by atoms with Crippen molar-refractivity contribution in [3.8, 4) is 0 Å². The van der Waals surface area contributed by atoms with E-state index in [1.54, 1.807) is 11.8 Å². The van der Waals surface area contributed by atoms with Crippen LogP contribution in [0.2, 0.25) is 0 Å². The van der Waals surface area contributed by atoms with Crippen LogP contribution in [0, 0.1) is 0 Å². The molecule has 0 aromatic carbocycles. The molecule has 0 fully saturated rings. The number of nitrogens with one attached hydrogen (secondary N) is 1. The zero-order valence-electron chi connectivity index (χ0n) is 6.80. The molecule has 0 spiro atoms. The van der Waals surface area contributed by atoms with E-state index in [1.165, 1.54) is 0 Å². The van der Waals surface area contributed by atoms with Gasteiger partial charge in [-0.25, -0.2) is 0 Å². The summed E-state index contributed by atoms with van der Waals surface area (Å²) < 4.78 is 0.